The summed E-state index contributed by atoms with van der Waals surface area (Å²) in [4.78, 5) is 13.5. The van der Waals surface area contributed by atoms with Crippen molar-refractivity contribution in [3.05, 3.63) is 34.9 Å². The fourth-order valence-electron chi connectivity index (χ4n) is 1.66. The first-order chi connectivity index (χ1) is 8.52. The zero-order chi connectivity index (χ0) is 13.7. The highest BCUT2D eigenvalue weighted by Crippen LogP contribution is 2.18. The SMILES string of the molecule is CCN(CCCCl)C(=O)c1c(F)ccc(C)c1F. The molecule has 0 saturated carbocycles. The van der Waals surface area contributed by atoms with Gasteiger partial charge in [-0.15, -0.1) is 11.6 Å². The predicted octanol–water partition coefficient (Wildman–Crippen LogP) is 3.36. The van der Waals surface area contributed by atoms with Gasteiger partial charge in [-0.25, -0.2) is 8.78 Å². The van der Waals surface area contributed by atoms with Crippen molar-refractivity contribution >= 4 is 17.5 Å². The lowest BCUT2D eigenvalue weighted by Crippen LogP contribution is -2.33. The molecule has 1 rings (SSSR count). The van der Waals surface area contributed by atoms with Crippen molar-refractivity contribution in [2.75, 3.05) is 19.0 Å². The third-order valence-corrected chi connectivity index (χ3v) is 3.00. The molecule has 0 radical (unpaired) electrons. The van der Waals surface area contributed by atoms with Gasteiger partial charge in [-0.2, -0.15) is 0 Å². The second-order valence-electron chi connectivity index (χ2n) is 3.98. The summed E-state index contributed by atoms with van der Waals surface area (Å²) in [6.45, 7) is 4.05. The topological polar surface area (TPSA) is 20.3 Å². The molecule has 0 aliphatic rings. The molecule has 0 bridgehead atoms. The monoisotopic (exact) mass is 275 g/mol. The third-order valence-electron chi connectivity index (χ3n) is 2.73. The van der Waals surface area contributed by atoms with E-state index in [0.29, 0.717) is 25.4 Å². The minimum absolute atomic E-state index is 0.258. The lowest BCUT2D eigenvalue weighted by molar-refractivity contribution is 0.0755. The van der Waals surface area contributed by atoms with Crippen LogP contribution in [0.2, 0.25) is 0 Å². The molecule has 1 aromatic carbocycles. The van der Waals surface area contributed by atoms with E-state index < -0.39 is 23.1 Å². The molecule has 18 heavy (non-hydrogen) atoms. The molecule has 0 spiro atoms. The molecular formula is C13H16ClF2NO. The third kappa shape index (κ3) is 3.19. The van der Waals surface area contributed by atoms with Gasteiger partial charge in [-0.3, -0.25) is 4.79 Å². The summed E-state index contributed by atoms with van der Waals surface area (Å²) in [6.07, 6.45) is 0.593. The molecule has 2 nitrogen and oxygen atoms in total. The van der Waals surface area contributed by atoms with Crippen molar-refractivity contribution < 1.29 is 13.6 Å². The summed E-state index contributed by atoms with van der Waals surface area (Å²) in [5, 5.41) is 0. The Morgan fingerprint density at radius 3 is 2.61 bits per heavy atom. The second kappa shape index (κ2) is 6.69. The van der Waals surface area contributed by atoms with Gasteiger partial charge in [0.25, 0.3) is 5.91 Å². The number of alkyl halides is 1. The van der Waals surface area contributed by atoms with Crippen LogP contribution in [0.5, 0.6) is 0 Å². The Hall–Kier alpha value is -1.16. The van der Waals surface area contributed by atoms with Gasteiger partial charge in [-0.1, -0.05) is 6.07 Å². The number of hydrogen-bond donors (Lipinski definition) is 0. The Labute approximate surface area is 111 Å². The molecule has 0 atom stereocenters. The second-order valence-corrected chi connectivity index (χ2v) is 4.36. The molecule has 0 N–H and O–H groups in total. The van der Waals surface area contributed by atoms with E-state index in [0.717, 1.165) is 6.07 Å². The maximum atomic E-state index is 13.8. The van der Waals surface area contributed by atoms with Gasteiger partial charge in [0.1, 0.15) is 17.2 Å². The van der Waals surface area contributed by atoms with Gasteiger partial charge >= 0.3 is 0 Å². The van der Waals surface area contributed by atoms with Crippen LogP contribution in [-0.4, -0.2) is 29.8 Å². The van der Waals surface area contributed by atoms with Gasteiger partial charge < -0.3 is 4.90 Å². The van der Waals surface area contributed by atoms with Gasteiger partial charge in [0.2, 0.25) is 0 Å². The van der Waals surface area contributed by atoms with Crippen LogP contribution in [0.15, 0.2) is 12.1 Å². The van der Waals surface area contributed by atoms with E-state index in [4.69, 9.17) is 11.6 Å². The van der Waals surface area contributed by atoms with Gasteiger partial charge in [-0.05, 0) is 31.9 Å². The fraction of sp³-hybridized carbons (Fsp3) is 0.462. The summed E-state index contributed by atoms with van der Waals surface area (Å²) < 4.78 is 27.4. The highest BCUT2D eigenvalue weighted by atomic mass is 35.5. The quantitative estimate of drug-likeness (QED) is 0.755. The molecule has 1 amide bonds. The first-order valence-electron chi connectivity index (χ1n) is 5.82. The number of hydrogen-bond acceptors (Lipinski definition) is 1. The van der Waals surface area contributed by atoms with Crippen molar-refractivity contribution in [2.24, 2.45) is 0 Å². The maximum Gasteiger partial charge on any atom is 0.259 e. The maximum absolute atomic E-state index is 13.8. The van der Waals surface area contributed by atoms with E-state index in [1.165, 1.54) is 17.9 Å². The highest BCUT2D eigenvalue weighted by Gasteiger charge is 2.23. The zero-order valence-corrected chi connectivity index (χ0v) is 11.2. The van der Waals surface area contributed by atoms with Crippen LogP contribution in [0.3, 0.4) is 0 Å². The number of rotatable bonds is 5. The van der Waals surface area contributed by atoms with Crippen LogP contribution < -0.4 is 0 Å². The van der Waals surface area contributed by atoms with Crippen LogP contribution in [0, 0.1) is 18.6 Å². The van der Waals surface area contributed by atoms with Gasteiger partial charge in [0.15, 0.2) is 0 Å². The van der Waals surface area contributed by atoms with E-state index in [-0.39, 0.29) is 5.56 Å². The number of carbonyl (C=O) groups excluding carboxylic acids is 1. The lowest BCUT2D eigenvalue weighted by Gasteiger charge is -2.21. The van der Waals surface area contributed by atoms with E-state index >= 15 is 0 Å². The molecule has 0 aromatic heterocycles. The summed E-state index contributed by atoms with van der Waals surface area (Å²) in [5.41, 5.74) is -0.223. The van der Waals surface area contributed by atoms with Crippen molar-refractivity contribution in [3.63, 3.8) is 0 Å². The Bertz CT molecular complexity index is 437. The molecule has 0 unspecified atom stereocenters. The van der Waals surface area contributed by atoms with Gasteiger partial charge in [0.05, 0.1) is 0 Å². The van der Waals surface area contributed by atoms with Crippen molar-refractivity contribution in [2.45, 2.75) is 20.3 Å². The Kier molecular flexibility index (Phi) is 5.54. The van der Waals surface area contributed by atoms with E-state index in [1.54, 1.807) is 6.92 Å². The summed E-state index contributed by atoms with van der Waals surface area (Å²) in [6, 6.07) is 2.43. The zero-order valence-electron chi connectivity index (χ0n) is 10.5. The molecule has 0 heterocycles. The Morgan fingerprint density at radius 1 is 1.39 bits per heavy atom. The largest absolute Gasteiger partial charge is 0.339 e. The number of benzene rings is 1. The first kappa shape index (κ1) is 14.9. The van der Waals surface area contributed by atoms with E-state index in [2.05, 4.69) is 0 Å². The van der Waals surface area contributed by atoms with Crippen molar-refractivity contribution in [1.29, 1.82) is 0 Å². The molecule has 0 aliphatic heterocycles. The van der Waals surface area contributed by atoms with Crippen LogP contribution in [0.4, 0.5) is 8.78 Å². The van der Waals surface area contributed by atoms with E-state index in [9.17, 15) is 13.6 Å². The predicted molar refractivity (Wildman–Crippen MR) is 68.0 cm³/mol. The first-order valence-corrected chi connectivity index (χ1v) is 6.36. The van der Waals surface area contributed by atoms with Crippen LogP contribution in [0.1, 0.15) is 29.3 Å². The van der Waals surface area contributed by atoms with Crippen LogP contribution in [-0.2, 0) is 0 Å². The molecule has 1 aromatic rings. The normalized spacial score (nSPS) is 10.5. The molecule has 0 aliphatic carbocycles. The standard InChI is InChI=1S/C13H16ClF2NO/c1-3-17(8-4-7-14)13(18)11-10(15)6-5-9(2)12(11)16/h5-6H,3-4,7-8H2,1-2H3. The van der Waals surface area contributed by atoms with E-state index in [1.807, 2.05) is 0 Å². The van der Waals surface area contributed by atoms with Crippen molar-refractivity contribution in [3.8, 4) is 0 Å². The fourth-order valence-corrected chi connectivity index (χ4v) is 1.78. The minimum Gasteiger partial charge on any atom is -0.339 e. The van der Waals surface area contributed by atoms with Crippen LogP contribution in [0.25, 0.3) is 0 Å². The number of carbonyl (C=O) groups is 1. The molecule has 5 heteroatoms. The smallest absolute Gasteiger partial charge is 0.259 e. The average molecular weight is 276 g/mol. The number of halogens is 3. The van der Waals surface area contributed by atoms with Gasteiger partial charge in [0, 0.05) is 19.0 Å². The number of nitrogens with zero attached hydrogens (tertiary/aromatic N) is 1. The molecule has 0 saturated heterocycles. The summed E-state index contributed by atoms with van der Waals surface area (Å²) in [7, 11) is 0. The molecule has 0 fully saturated rings. The van der Waals surface area contributed by atoms with Crippen LogP contribution >= 0.6 is 11.6 Å². The summed E-state index contributed by atoms with van der Waals surface area (Å²) in [5.74, 6) is -1.83. The Balaban J connectivity index is 3.05. The summed E-state index contributed by atoms with van der Waals surface area (Å²) >= 11 is 5.55. The Morgan fingerprint density at radius 2 is 2.06 bits per heavy atom. The highest BCUT2D eigenvalue weighted by molar-refractivity contribution is 6.17. The molecular weight excluding hydrogens is 260 g/mol. The molecule has 100 valence electrons. The number of amides is 1. The number of aryl methyl sites for hydroxylation is 1. The average Bonchev–Trinajstić information content (AvgIpc) is 2.35. The lowest BCUT2D eigenvalue weighted by atomic mass is 10.1. The minimum atomic E-state index is -0.826. The van der Waals surface area contributed by atoms with Crippen molar-refractivity contribution in [1.82, 2.24) is 4.90 Å².